The van der Waals surface area contributed by atoms with E-state index in [4.69, 9.17) is 0 Å². The molecule has 0 aliphatic rings. The second kappa shape index (κ2) is 8.51. The summed E-state index contributed by atoms with van der Waals surface area (Å²) >= 11 is 0. The third kappa shape index (κ3) is 3.63. The molecule has 0 aliphatic heterocycles. The number of hydrogen-bond acceptors (Lipinski definition) is 6. The Labute approximate surface area is 194 Å². The molecule has 4 N–H and O–H groups in total. The molecule has 0 bridgehead atoms. The molecule has 3 aromatic carbocycles. The Morgan fingerprint density at radius 1 is 0.559 bits per heavy atom. The third-order valence-corrected chi connectivity index (χ3v) is 5.68. The molecule has 0 amide bonds. The van der Waals surface area contributed by atoms with Gasteiger partial charge in [-0.25, -0.2) is 0 Å². The minimum absolute atomic E-state index is 0.567. The molecule has 0 saturated heterocycles. The van der Waals surface area contributed by atoms with E-state index in [1.165, 1.54) is 0 Å². The summed E-state index contributed by atoms with van der Waals surface area (Å²) in [5, 5.41) is 21.4. The van der Waals surface area contributed by atoms with Gasteiger partial charge in [0.1, 0.15) is 0 Å². The van der Waals surface area contributed by atoms with E-state index in [2.05, 4.69) is 53.4 Å². The van der Waals surface area contributed by atoms with Gasteiger partial charge in [-0.3, -0.25) is 10.9 Å². The van der Waals surface area contributed by atoms with Crippen LogP contribution in [0.3, 0.4) is 0 Å². The lowest BCUT2D eigenvalue weighted by atomic mass is 10.2. The fourth-order valence-corrected chi connectivity index (χ4v) is 4.00. The van der Waals surface area contributed by atoms with Crippen LogP contribution in [-0.4, -0.2) is 32.6 Å². The number of anilines is 2. The van der Waals surface area contributed by atoms with Crippen molar-refractivity contribution >= 4 is 56.6 Å². The highest BCUT2D eigenvalue weighted by Gasteiger charge is 2.08. The number of aromatic nitrogens is 4. The lowest BCUT2D eigenvalue weighted by Gasteiger charge is -2.07. The number of aromatic amines is 2. The molecule has 6 aromatic rings. The van der Waals surface area contributed by atoms with Crippen molar-refractivity contribution in [2.45, 2.75) is 0 Å². The zero-order valence-electron chi connectivity index (χ0n) is 18.0. The second-order valence-electron chi connectivity index (χ2n) is 7.76. The van der Waals surface area contributed by atoms with Crippen molar-refractivity contribution in [1.29, 1.82) is 0 Å². The highest BCUT2D eigenvalue weighted by molar-refractivity contribution is 6.02. The fraction of sp³-hybridized carbons (Fsp3) is 0. The Balaban J connectivity index is 1.24. The topological polar surface area (TPSA) is 106 Å². The Hall–Kier alpha value is -4.98. The van der Waals surface area contributed by atoms with Gasteiger partial charge in [0.25, 0.3) is 0 Å². The Bertz CT molecular complexity index is 1550. The Morgan fingerprint density at radius 2 is 0.971 bits per heavy atom. The zero-order chi connectivity index (χ0) is 22.7. The zero-order valence-corrected chi connectivity index (χ0v) is 18.0. The lowest BCUT2D eigenvalue weighted by Crippen LogP contribution is -2.01. The van der Waals surface area contributed by atoms with Gasteiger partial charge in [-0.1, -0.05) is 60.7 Å². The van der Waals surface area contributed by atoms with Gasteiger partial charge in [0.05, 0.1) is 12.4 Å². The number of rotatable bonds is 6. The van der Waals surface area contributed by atoms with Crippen LogP contribution in [0.1, 0.15) is 11.1 Å². The highest BCUT2D eigenvalue weighted by Crippen LogP contribution is 2.26. The number of benzene rings is 3. The summed E-state index contributed by atoms with van der Waals surface area (Å²) in [6.45, 7) is 0. The van der Waals surface area contributed by atoms with E-state index in [0.29, 0.717) is 11.6 Å². The molecule has 164 valence electrons. The van der Waals surface area contributed by atoms with E-state index in [1.807, 2.05) is 73.1 Å². The van der Waals surface area contributed by atoms with Gasteiger partial charge in [0, 0.05) is 56.1 Å². The molecular weight excluding hydrogens is 424 g/mol. The number of fused-ring (bicyclic) bond motifs is 3. The van der Waals surface area contributed by atoms with Gasteiger partial charge in [0.2, 0.25) is 0 Å². The maximum atomic E-state index is 4.39. The molecule has 34 heavy (non-hydrogen) atoms. The summed E-state index contributed by atoms with van der Waals surface area (Å²) in [5.41, 5.74) is 10.2. The minimum atomic E-state index is 0.567. The predicted molar refractivity (Wildman–Crippen MR) is 139 cm³/mol. The molecule has 0 spiro atoms. The average Bonchev–Trinajstić information content (AvgIpc) is 3.49. The maximum absolute atomic E-state index is 4.39. The first-order valence-corrected chi connectivity index (χ1v) is 10.8. The molecule has 0 saturated carbocycles. The van der Waals surface area contributed by atoms with Crippen molar-refractivity contribution in [1.82, 2.24) is 20.2 Å². The van der Waals surface area contributed by atoms with Crippen molar-refractivity contribution in [3.63, 3.8) is 0 Å². The largest absolute Gasteiger partial charge is 0.361 e. The van der Waals surface area contributed by atoms with Crippen molar-refractivity contribution in [3.8, 4) is 0 Å². The van der Waals surface area contributed by atoms with Crippen molar-refractivity contribution in [2.75, 3.05) is 10.9 Å². The van der Waals surface area contributed by atoms with Crippen LogP contribution in [-0.2, 0) is 0 Å². The molecule has 8 heteroatoms. The average molecular weight is 445 g/mol. The minimum Gasteiger partial charge on any atom is -0.361 e. The summed E-state index contributed by atoms with van der Waals surface area (Å²) in [6, 6.07) is 24.1. The second-order valence-corrected chi connectivity index (χ2v) is 7.76. The highest BCUT2D eigenvalue weighted by atomic mass is 15.4. The number of nitrogens with one attached hydrogen (secondary N) is 4. The van der Waals surface area contributed by atoms with Crippen molar-refractivity contribution in [3.05, 3.63) is 96.3 Å². The maximum Gasteiger partial charge on any atom is 0.176 e. The van der Waals surface area contributed by atoms with E-state index in [1.54, 1.807) is 12.4 Å². The van der Waals surface area contributed by atoms with Gasteiger partial charge >= 0.3 is 0 Å². The first kappa shape index (κ1) is 19.7. The van der Waals surface area contributed by atoms with E-state index >= 15 is 0 Å². The summed E-state index contributed by atoms with van der Waals surface area (Å²) in [5.74, 6) is 1.13. The fourth-order valence-electron chi connectivity index (χ4n) is 4.00. The summed E-state index contributed by atoms with van der Waals surface area (Å²) < 4.78 is 0. The van der Waals surface area contributed by atoms with Gasteiger partial charge < -0.3 is 9.97 Å². The molecule has 0 aliphatic carbocycles. The number of hydrazone groups is 2. The molecule has 0 radical (unpaired) electrons. The van der Waals surface area contributed by atoms with Crippen LogP contribution >= 0.6 is 0 Å². The van der Waals surface area contributed by atoms with E-state index in [-0.39, 0.29) is 0 Å². The SMILES string of the molecule is C(=NNc1nnc(NN=Cc2c[nH]c3ccccc23)c2ccccc12)c1c[nH]c2ccccc12. The third-order valence-electron chi connectivity index (χ3n) is 5.68. The standard InChI is InChI=1S/C26H20N8/c1-2-10-22-21(9-1)25(31-29-15-17-13-27-23-11-5-3-7-19(17)23)33-34-26(22)32-30-16-18-14-28-24-12-6-4-8-20(18)24/h1-16,27-28H,(H,31,33)(H,32,34). The molecular formula is C26H20N8. The summed E-state index contributed by atoms with van der Waals surface area (Å²) in [7, 11) is 0. The first-order valence-electron chi connectivity index (χ1n) is 10.8. The van der Waals surface area contributed by atoms with Crippen molar-refractivity contribution < 1.29 is 0 Å². The van der Waals surface area contributed by atoms with Crippen LogP contribution in [0.5, 0.6) is 0 Å². The normalized spacial score (nSPS) is 11.9. The van der Waals surface area contributed by atoms with Crippen LogP contribution < -0.4 is 10.9 Å². The van der Waals surface area contributed by atoms with Crippen LogP contribution in [0.4, 0.5) is 11.6 Å². The first-order chi connectivity index (χ1) is 16.9. The monoisotopic (exact) mass is 444 g/mol. The Kier molecular flexibility index (Phi) is 4.93. The number of H-pyrrole nitrogens is 2. The van der Waals surface area contributed by atoms with Crippen LogP contribution in [0, 0.1) is 0 Å². The Morgan fingerprint density at radius 3 is 1.44 bits per heavy atom. The van der Waals surface area contributed by atoms with Gasteiger partial charge in [0.15, 0.2) is 11.6 Å². The molecule has 0 unspecified atom stereocenters. The molecule has 0 fully saturated rings. The summed E-state index contributed by atoms with van der Waals surface area (Å²) in [4.78, 5) is 6.49. The van der Waals surface area contributed by atoms with Crippen LogP contribution in [0.25, 0.3) is 32.6 Å². The molecule has 3 heterocycles. The number of para-hydroxylation sites is 2. The quantitative estimate of drug-likeness (QED) is 0.201. The molecule has 0 atom stereocenters. The van der Waals surface area contributed by atoms with Gasteiger partial charge in [-0.2, -0.15) is 10.2 Å². The van der Waals surface area contributed by atoms with Gasteiger partial charge in [-0.15, -0.1) is 10.2 Å². The van der Waals surface area contributed by atoms with Gasteiger partial charge in [-0.05, 0) is 12.1 Å². The van der Waals surface area contributed by atoms with E-state index in [9.17, 15) is 0 Å². The van der Waals surface area contributed by atoms with Crippen LogP contribution in [0.2, 0.25) is 0 Å². The smallest absolute Gasteiger partial charge is 0.176 e. The van der Waals surface area contributed by atoms with E-state index in [0.717, 1.165) is 43.7 Å². The predicted octanol–water partition coefficient (Wildman–Crippen LogP) is 5.48. The van der Waals surface area contributed by atoms with Crippen molar-refractivity contribution in [2.24, 2.45) is 10.2 Å². The molecule has 3 aromatic heterocycles. The van der Waals surface area contributed by atoms with Crippen LogP contribution in [0.15, 0.2) is 95.4 Å². The number of hydrogen-bond donors (Lipinski definition) is 4. The molecule has 6 rings (SSSR count). The molecule has 8 nitrogen and oxygen atoms in total. The lowest BCUT2D eigenvalue weighted by molar-refractivity contribution is 1.03. The van der Waals surface area contributed by atoms with E-state index < -0.39 is 0 Å². The summed E-state index contributed by atoms with van der Waals surface area (Å²) in [6.07, 6.45) is 7.40. The number of nitrogens with zero attached hydrogens (tertiary/aromatic N) is 4.